The molecule has 0 aliphatic heterocycles. The highest BCUT2D eigenvalue weighted by molar-refractivity contribution is 9.10. The lowest BCUT2D eigenvalue weighted by Crippen LogP contribution is -2.54. The van der Waals surface area contributed by atoms with Gasteiger partial charge in [-0.1, -0.05) is 25.0 Å². The third-order valence-corrected chi connectivity index (χ3v) is 4.50. The third-order valence-electron chi connectivity index (χ3n) is 3.85. The van der Waals surface area contributed by atoms with Crippen LogP contribution in [0.25, 0.3) is 0 Å². The van der Waals surface area contributed by atoms with Gasteiger partial charge in [-0.2, -0.15) is 0 Å². The number of amides is 1. The molecule has 0 radical (unpaired) electrons. The lowest BCUT2D eigenvalue weighted by molar-refractivity contribution is -0.129. The summed E-state index contributed by atoms with van der Waals surface area (Å²) in [7, 11) is 0. The molecule has 5 heteroatoms. The topological polar surface area (TPSA) is 64.3 Å². The van der Waals surface area contributed by atoms with Crippen molar-refractivity contribution in [3.63, 3.8) is 0 Å². The minimum absolute atomic E-state index is 0.104. The van der Waals surface area contributed by atoms with Crippen LogP contribution in [0.5, 0.6) is 5.75 Å². The molecule has 0 heterocycles. The zero-order valence-corrected chi connectivity index (χ0v) is 13.3. The average Bonchev–Trinajstić information content (AvgIpc) is 2.90. The van der Waals surface area contributed by atoms with E-state index in [0.29, 0.717) is 12.3 Å². The summed E-state index contributed by atoms with van der Waals surface area (Å²) >= 11 is 3.41. The van der Waals surface area contributed by atoms with Gasteiger partial charge in [-0.05, 0) is 47.8 Å². The molecule has 0 spiro atoms. The van der Waals surface area contributed by atoms with Gasteiger partial charge in [0, 0.05) is 6.54 Å². The summed E-state index contributed by atoms with van der Waals surface area (Å²) in [6.45, 7) is 2.24. The van der Waals surface area contributed by atoms with Crippen LogP contribution in [0.3, 0.4) is 0 Å². The van der Waals surface area contributed by atoms with Gasteiger partial charge in [-0.25, -0.2) is 0 Å². The van der Waals surface area contributed by atoms with Gasteiger partial charge in [-0.3, -0.25) is 4.79 Å². The van der Waals surface area contributed by atoms with Gasteiger partial charge in [-0.15, -0.1) is 0 Å². The number of hydrogen-bond donors (Lipinski definition) is 2. The fraction of sp³-hybridized carbons (Fsp3) is 0.533. The summed E-state index contributed by atoms with van der Waals surface area (Å²) in [6.07, 6.45) is 3.61. The van der Waals surface area contributed by atoms with Crippen molar-refractivity contribution in [3.05, 3.63) is 28.7 Å². The molecule has 1 aromatic carbocycles. The minimum atomic E-state index is -0.544. The molecule has 0 saturated heterocycles. The first kappa shape index (κ1) is 15.3. The van der Waals surface area contributed by atoms with E-state index in [1.807, 2.05) is 24.3 Å². The Labute approximate surface area is 128 Å². The monoisotopic (exact) mass is 340 g/mol. The SMILES string of the molecule is CC(Oc1ccccc1Br)C(=O)NC1(CN)CCCC1. The third kappa shape index (κ3) is 3.52. The largest absolute Gasteiger partial charge is 0.480 e. The van der Waals surface area contributed by atoms with Crippen molar-refractivity contribution in [1.29, 1.82) is 0 Å². The lowest BCUT2D eigenvalue weighted by atomic mass is 9.97. The highest BCUT2D eigenvalue weighted by Crippen LogP contribution is 2.29. The zero-order chi connectivity index (χ0) is 14.6. The van der Waals surface area contributed by atoms with Crippen molar-refractivity contribution in [3.8, 4) is 5.75 Å². The molecule has 1 fully saturated rings. The second kappa shape index (κ2) is 6.59. The number of carbonyl (C=O) groups is 1. The molecule has 1 aromatic rings. The van der Waals surface area contributed by atoms with Gasteiger partial charge in [0.1, 0.15) is 5.75 Å². The van der Waals surface area contributed by atoms with Gasteiger partial charge >= 0.3 is 0 Å². The number of para-hydroxylation sites is 1. The van der Waals surface area contributed by atoms with E-state index in [1.165, 1.54) is 0 Å². The van der Waals surface area contributed by atoms with Crippen molar-refractivity contribution in [2.24, 2.45) is 5.73 Å². The number of halogens is 1. The van der Waals surface area contributed by atoms with Gasteiger partial charge in [0.25, 0.3) is 5.91 Å². The Hall–Kier alpha value is -1.07. The van der Waals surface area contributed by atoms with Crippen LogP contribution in [0.4, 0.5) is 0 Å². The van der Waals surface area contributed by atoms with Crippen LogP contribution in [-0.2, 0) is 4.79 Å². The summed E-state index contributed by atoms with van der Waals surface area (Å²) < 4.78 is 6.55. The predicted octanol–water partition coefficient (Wildman–Crippen LogP) is 2.60. The number of ether oxygens (including phenoxy) is 1. The fourth-order valence-electron chi connectivity index (χ4n) is 2.58. The first-order valence-corrected chi connectivity index (χ1v) is 7.79. The van der Waals surface area contributed by atoms with E-state index in [9.17, 15) is 4.79 Å². The van der Waals surface area contributed by atoms with Crippen molar-refractivity contribution in [2.45, 2.75) is 44.2 Å². The zero-order valence-electron chi connectivity index (χ0n) is 11.7. The maximum Gasteiger partial charge on any atom is 0.261 e. The van der Waals surface area contributed by atoms with Crippen LogP contribution < -0.4 is 15.8 Å². The minimum Gasteiger partial charge on any atom is -0.480 e. The molecule has 0 aromatic heterocycles. The van der Waals surface area contributed by atoms with E-state index >= 15 is 0 Å². The number of nitrogens with one attached hydrogen (secondary N) is 1. The first-order chi connectivity index (χ1) is 9.56. The molecule has 1 amide bonds. The van der Waals surface area contributed by atoms with Crippen LogP contribution >= 0.6 is 15.9 Å². The van der Waals surface area contributed by atoms with Crippen LogP contribution in [0.2, 0.25) is 0 Å². The molecule has 1 saturated carbocycles. The number of benzene rings is 1. The average molecular weight is 341 g/mol. The second-order valence-corrected chi connectivity index (χ2v) is 6.23. The standard InChI is InChI=1S/C15H21BrN2O2/c1-11(20-13-7-3-2-6-12(13)16)14(19)18-15(10-17)8-4-5-9-15/h2-3,6-7,11H,4-5,8-10,17H2,1H3,(H,18,19). The number of nitrogens with two attached hydrogens (primary N) is 1. The van der Waals surface area contributed by atoms with E-state index < -0.39 is 6.10 Å². The van der Waals surface area contributed by atoms with Crippen LogP contribution in [0.15, 0.2) is 28.7 Å². The molecule has 20 heavy (non-hydrogen) atoms. The molecule has 4 nitrogen and oxygen atoms in total. The van der Waals surface area contributed by atoms with Gasteiger partial charge in [0.05, 0.1) is 10.0 Å². The second-order valence-electron chi connectivity index (χ2n) is 5.37. The summed E-state index contributed by atoms with van der Waals surface area (Å²) in [4.78, 5) is 12.3. The molecule has 1 unspecified atom stereocenters. The number of rotatable bonds is 5. The van der Waals surface area contributed by atoms with Crippen molar-refractivity contribution >= 4 is 21.8 Å². The Morgan fingerprint density at radius 1 is 1.45 bits per heavy atom. The summed E-state index contributed by atoms with van der Waals surface area (Å²) in [5.41, 5.74) is 5.60. The molecule has 1 aliphatic carbocycles. The molecule has 0 bridgehead atoms. The fourth-order valence-corrected chi connectivity index (χ4v) is 2.96. The predicted molar refractivity (Wildman–Crippen MR) is 82.6 cm³/mol. The van der Waals surface area contributed by atoms with Gasteiger partial charge in [0.15, 0.2) is 6.10 Å². The van der Waals surface area contributed by atoms with E-state index in [2.05, 4.69) is 21.2 Å². The van der Waals surface area contributed by atoms with E-state index in [1.54, 1.807) is 6.92 Å². The molecule has 2 rings (SSSR count). The maximum absolute atomic E-state index is 12.3. The first-order valence-electron chi connectivity index (χ1n) is 7.00. The van der Waals surface area contributed by atoms with E-state index in [4.69, 9.17) is 10.5 Å². The van der Waals surface area contributed by atoms with Crippen molar-refractivity contribution in [2.75, 3.05) is 6.54 Å². The molecular formula is C15H21BrN2O2. The molecule has 110 valence electrons. The van der Waals surface area contributed by atoms with E-state index in [0.717, 1.165) is 30.2 Å². The summed E-state index contributed by atoms with van der Waals surface area (Å²) in [6, 6.07) is 7.51. The maximum atomic E-state index is 12.3. The lowest BCUT2D eigenvalue weighted by Gasteiger charge is -2.30. The Bertz CT molecular complexity index is 473. The molecule has 1 aliphatic rings. The van der Waals surface area contributed by atoms with E-state index in [-0.39, 0.29) is 11.4 Å². The highest BCUT2D eigenvalue weighted by Gasteiger charge is 2.35. The van der Waals surface area contributed by atoms with Crippen LogP contribution in [-0.4, -0.2) is 24.1 Å². The van der Waals surface area contributed by atoms with Crippen molar-refractivity contribution < 1.29 is 9.53 Å². The normalized spacial score (nSPS) is 18.6. The quantitative estimate of drug-likeness (QED) is 0.865. The smallest absolute Gasteiger partial charge is 0.261 e. The van der Waals surface area contributed by atoms with Crippen molar-refractivity contribution in [1.82, 2.24) is 5.32 Å². The number of carbonyl (C=O) groups excluding carboxylic acids is 1. The summed E-state index contributed by atoms with van der Waals surface area (Å²) in [5, 5.41) is 3.08. The Morgan fingerprint density at radius 3 is 2.70 bits per heavy atom. The van der Waals surface area contributed by atoms with Gasteiger partial charge in [0.2, 0.25) is 0 Å². The van der Waals surface area contributed by atoms with Gasteiger partial charge < -0.3 is 15.8 Å². The Kier molecular flexibility index (Phi) is 5.05. The molecule has 3 N–H and O–H groups in total. The number of hydrogen-bond acceptors (Lipinski definition) is 3. The summed E-state index contributed by atoms with van der Waals surface area (Å²) in [5.74, 6) is 0.566. The molecule has 1 atom stereocenters. The Balaban J connectivity index is 1.97. The molecular weight excluding hydrogens is 320 g/mol. The highest BCUT2D eigenvalue weighted by atomic mass is 79.9. The Morgan fingerprint density at radius 2 is 2.10 bits per heavy atom. The van der Waals surface area contributed by atoms with Crippen LogP contribution in [0.1, 0.15) is 32.6 Å². The van der Waals surface area contributed by atoms with Crippen LogP contribution in [0, 0.1) is 0 Å².